The lowest BCUT2D eigenvalue weighted by molar-refractivity contribution is -0.157. The first-order chi connectivity index (χ1) is 11.8. The van der Waals surface area contributed by atoms with E-state index in [2.05, 4.69) is 46.8 Å². The zero-order chi connectivity index (χ0) is 18.7. The summed E-state index contributed by atoms with van der Waals surface area (Å²) in [7, 11) is 0. The zero-order valence-electron chi connectivity index (χ0n) is 16.5. The van der Waals surface area contributed by atoms with Gasteiger partial charge in [-0.1, -0.05) is 31.5 Å². The minimum atomic E-state index is -0.303. The Bertz CT molecular complexity index is 624. The molecular formula is C22H32O3. The number of aryl methyl sites for hydroxylation is 3. The first kappa shape index (κ1) is 19.7. The number of ketones is 1. The van der Waals surface area contributed by atoms with E-state index in [9.17, 15) is 9.59 Å². The minimum Gasteiger partial charge on any atom is -0.466 e. The van der Waals surface area contributed by atoms with Crippen LogP contribution in [0.25, 0.3) is 0 Å². The van der Waals surface area contributed by atoms with Crippen LogP contribution in [0.1, 0.15) is 55.9 Å². The van der Waals surface area contributed by atoms with E-state index >= 15 is 0 Å². The third kappa shape index (κ3) is 4.31. The Morgan fingerprint density at radius 2 is 1.68 bits per heavy atom. The van der Waals surface area contributed by atoms with Gasteiger partial charge in [0.1, 0.15) is 5.78 Å². The summed E-state index contributed by atoms with van der Waals surface area (Å²) >= 11 is 0. The van der Waals surface area contributed by atoms with Crippen LogP contribution < -0.4 is 0 Å². The monoisotopic (exact) mass is 344 g/mol. The molecule has 0 amide bonds. The van der Waals surface area contributed by atoms with Crippen molar-refractivity contribution in [1.82, 2.24) is 0 Å². The molecule has 1 aromatic rings. The highest BCUT2D eigenvalue weighted by Gasteiger charge is 2.43. The molecular weight excluding hydrogens is 312 g/mol. The maximum atomic E-state index is 13.1. The van der Waals surface area contributed by atoms with Crippen molar-refractivity contribution in [2.45, 2.75) is 60.8 Å². The molecule has 3 heteroatoms. The predicted octanol–water partition coefficient (Wildman–Crippen LogP) is 4.58. The van der Waals surface area contributed by atoms with Crippen molar-refractivity contribution < 1.29 is 14.3 Å². The van der Waals surface area contributed by atoms with Crippen molar-refractivity contribution in [3.63, 3.8) is 0 Å². The van der Waals surface area contributed by atoms with Crippen molar-refractivity contribution in [3.8, 4) is 0 Å². The van der Waals surface area contributed by atoms with Crippen molar-refractivity contribution in [3.05, 3.63) is 34.4 Å². The Labute approximate surface area is 152 Å². The first-order valence-electron chi connectivity index (χ1n) is 9.52. The van der Waals surface area contributed by atoms with Crippen LogP contribution in [0.3, 0.4) is 0 Å². The first-order valence-corrected chi connectivity index (χ1v) is 9.52. The van der Waals surface area contributed by atoms with E-state index in [0.29, 0.717) is 18.9 Å². The van der Waals surface area contributed by atoms with E-state index in [1.54, 1.807) is 0 Å². The molecule has 4 unspecified atom stereocenters. The highest BCUT2D eigenvalue weighted by atomic mass is 16.5. The van der Waals surface area contributed by atoms with Crippen LogP contribution in [0, 0.1) is 44.4 Å². The van der Waals surface area contributed by atoms with E-state index < -0.39 is 0 Å². The van der Waals surface area contributed by atoms with Gasteiger partial charge in [0.2, 0.25) is 0 Å². The highest BCUT2D eigenvalue weighted by molar-refractivity contribution is 5.89. The molecule has 0 spiro atoms. The molecule has 0 N–H and O–H groups in total. The van der Waals surface area contributed by atoms with E-state index in [-0.39, 0.29) is 29.5 Å². The maximum Gasteiger partial charge on any atom is 0.309 e. The Morgan fingerprint density at radius 3 is 2.24 bits per heavy atom. The topological polar surface area (TPSA) is 43.4 Å². The molecule has 0 aromatic heterocycles. The molecule has 0 radical (unpaired) electrons. The predicted molar refractivity (Wildman–Crippen MR) is 101 cm³/mol. The van der Waals surface area contributed by atoms with Gasteiger partial charge in [0.05, 0.1) is 12.5 Å². The second-order valence-corrected chi connectivity index (χ2v) is 7.82. The number of hydrogen-bond acceptors (Lipinski definition) is 3. The highest BCUT2D eigenvalue weighted by Crippen LogP contribution is 2.40. The third-order valence-electron chi connectivity index (χ3n) is 5.99. The molecule has 0 saturated heterocycles. The van der Waals surface area contributed by atoms with Crippen molar-refractivity contribution in [2.24, 2.45) is 23.7 Å². The molecule has 4 atom stereocenters. The molecule has 0 aliphatic heterocycles. The van der Waals surface area contributed by atoms with E-state index in [0.717, 1.165) is 29.5 Å². The number of hydrogen-bond donors (Lipinski definition) is 0. The number of carbonyl (C=O) groups is 2. The normalized spacial score (nSPS) is 26.3. The third-order valence-corrected chi connectivity index (χ3v) is 5.99. The van der Waals surface area contributed by atoms with E-state index in [1.165, 1.54) is 5.56 Å². The van der Waals surface area contributed by atoms with Crippen LogP contribution in [-0.2, 0) is 20.7 Å². The Balaban J connectivity index is 2.25. The molecule has 138 valence electrons. The molecule has 1 aliphatic carbocycles. The zero-order valence-corrected chi connectivity index (χ0v) is 16.5. The summed E-state index contributed by atoms with van der Waals surface area (Å²) in [5.41, 5.74) is 4.66. The van der Waals surface area contributed by atoms with Crippen LogP contribution in [0.5, 0.6) is 0 Å². The fraction of sp³-hybridized carbons (Fsp3) is 0.636. The SMILES string of the molecule is CCOC(=O)C1C(C(=O)Cc2c(C)cc(C)cc2C)CCC(C)C1C. The fourth-order valence-corrected chi connectivity index (χ4v) is 4.38. The Hall–Kier alpha value is -1.64. The fourth-order valence-electron chi connectivity index (χ4n) is 4.38. The van der Waals surface area contributed by atoms with Gasteiger partial charge in [-0.15, -0.1) is 0 Å². The van der Waals surface area contributed by atoms with Crippen LogP contribution in [0.2, 0.25) is 0 Å². The molecule has 1 saturated carbocycles. The standard InChI is InChI=1S/C22H32O3/c1-7-25-22(24)21-17(6)14(3)8-9-18(21)20(23)12-19-15(4)10-13(2)11-16(19)5/h10-11,14,17-18,21H,7-9,12H2,1-6H3. The lowest BCUT2D eigenvalue weighted by atomic mass is 9.66. The van der Waals surface area contributed by atoms with Crippen LogP contribution in [0.4, 0.5) is 0 Å². The van der Waals surface area contributed by atoms with Crippen molar-refractivity contribution in [2.75, 3.05) is 6.61 Å². The second kappa shape index (κ2) is 8.16. The molecule has 0 heterocycles. The number of ether oxygens (including phenoxy) is 1. The van der Waals surface area contributed by atoms with Crippen LogP contribution in [-0.4, -0.2) is 18.4 Å². The van der Waals surface area contributed by atoms with E-state index in [1.807, 2.05) is 6.92 Å². The molecule has 1 aromatic carbocycles. The summed E-state index contributed by atoms with van der Waals surface area (Å²) in [6.07, 6.45) is 2.21. The minimum absolute atomic E-state index is 0.182. The van der Waals surface area contributed by atoms with Crippen LogP contribution in [0.15, 0.2) is 12.1 Å². The summed E-state index contributed by atoms with van der Waals surface area (Å²) < 4.78 is 5.30. The largest absolute Gasteiger partial charge is 0.466 e. The van der Waals surface area contributed by atoms with Gasteiger partial charge in [0, 0.05) is 12.3 Å². The average Bonchev–Trinajstić information content (AvgIpc) is 2.53. The number of rotatable bonds is 5. The number of carbonyl (C=O) groups excluding carboxylic acids is 2. The van der Waals surface area contributed by atoms with Crippen LogP contribution >= 0.6 is 0 Å². The summed E-state index contributed by atoms with van der Waals surface area (Å²) in [6.45, 7) is 12.7. The van der Waals surface area contributed by atoms with Gasteiger partial charge >= 0.3 is 5.97 Å². The molecule has 25 heavy (non-hydrogen) atoms. The summed E-state index contributed by atoms with van der Waals surface area (Å²) in [4.78, 5) is 25.6. The lowest BCUT2D eigenvalue weighted by Crippen LogP contribution is -2.42. The van der Waals surface area contributed by atoms with Gasteiger partial charge in [-0.05, 0) is 69.1 Å². The summed E-state index contributed by atoms with van der Waals surface area (Å²) in [5, 5.41) is 0. The van der Waals surface area contributed by atoms with Gasteiger partial charge in [-0.3, -0.25) is 9.59 Å². The summed E-state index contributed by atoms with van der Waals surface area (Å²) in [6, 6.07) is 4.26. The quantitative estimate of drug-likeness (QED) is 0.734. The van der Waals surface area contributed by atoms with Gasteiger partial charge in [-0.25, -0.2) is 0 Å². The smallest absolute Gasteiger partial charge is 0.309 e. The summed E-state index contributed by atoms with van der Waals surface area (Å²) in [5.74, 6) is 0.0972. The van der Waals surface area contributed by atoms with Gasteiger partial charge in [0.15, 0.2) is 0 Å². The number of benzene rings is 1. The molecule has 2 rings (SSSR count). The molecule has 1 aliphatic rings. The van der Waals surface area contributed by atoms with E-state index in [4.69, 9.17) is 4.74 Å². The van der Waals surface area contributed by atoms with Gasteiger partial charge in [0.25, 0.3) is 0 Å². The van der Waals surface area contributed by atoms with Crippen molar-refractivity contribution >= 4 is 11.8 Å². The van der Waals surface area contributed by atoms with Gasteiger partial charge < -0.3 is 4.74 Å². The Morgan fingerprint density at radius 1 is 1.08 bits per heavy atom. The average molecular weight is 344 g/mol. The number of esters is 1. The van der Waals surface area contributed by atoms with Gasteiger partial charge in [-0.2, -0.15) is 0 Å². The molecule has 3 nitrogen and oxygen atoms in total. The Kier molecular flexibility index (Phi) is 6.42. The second-order valence-electron chi connectivity index (χ2n) is 7.82. The molecule has 1 fully saturated rings. The van der Waals surface area contributed by atoms with Crippen molar-refractivity contribution in [1.29, 1.82) is 0 Å². The lowest BCUT2D eigenvalue weighted by Gasteiger charge is -2.38. The molecule has 0 bridgehead atoms. The number of Topliss-reactive ketones (excluding diaryl/α,β-unsaturated/α-hetero) is 1. The maximum absolute atomic E-state index is 13.1.